The minimum atomic E-state index is -0.128. The number of nitrogens with one attached hydrogen (secondary N) is 3. The van der Waals surface area contributed by atoms with Crippen LogP contribution in [0.2, 0.25) is 0 Å². The smallest absolute Gasteiger partial charge is 0.253 e. The fraction of sp³-hybridized carbons (Fsp3) is 0.0909. The summed E-state index contributed by atoms with van der Waals surface area (Å²) in [5, 5.41) is 9.62. The van der Waals surface area contributed by atoms with Crippen LogP contribution in [0.25, 0.3) is 0 Å². The molecule has 0 saturated carbocycles. The summed E-state index contributed by atoms with van der Waals surface area (Å²) in [6, 6.07) is 27.1. The third kappa shape index (κ3) is 5.66. The fourth-order valence-electron chi connectivity index (χ4n) is 2.66. The van der Waals surface area contributed by atoms with Crippen molar-refractivity contribution in [2.75, 3.05) is 17.2 Å². The molecule has 0 heterocycles. The molecule has 0 saturated heterocycles. The van der Waals surface area contributed by atoms with E-state index in [0.29, 0.717) is 22.9 Å². The van der Waals surface area contributed by atoms with E-state index in [4.69, 9.17) is 12.2 Å². The van der Waals surface area contributed by atoms with Gasteiger partial charge in [-0.25, -0.2) is 0 Å². The predicted molar refractivity (Wildman–Crippen MR) is 115 cm³/mol. The number of hydrogen-bond acceptors (Lipinski definition) is 2. The van der Waals surface area contributed by atoms with E-state index in [2.05, 4.69) is 28.1 Å². The minimum absolute atomic E-state index is 0.128. The molecular weight excluding hydrogens is 354 g/mol. The van der Waals surface area contributed by atoms with Crippen molar-refractivity contribution in [2.45, 2.75) is 6.42 Å². The molecule has 0 unspecified atom stereocenters. The number of para-hydroxylation sites is 2. The van der Waals surface area contributed by atoms with E-state index in [1.807, 2.05) is 66.7 Å². The lowest BCUT2D eigenvalue weighted by molar-refractivity contribution is 0.0955. The number of anilines is 2. The highest BCUT2D eigenvalue weighted by Gasteiger charge is 2.11. The first-order valence-corrected chi connectivity index (χ1v) is 9.17. The van der Waals surface area contributed by atoms with Crippen LogP contribution >= 0.6 is 12.2 Å². The summed E-state index contributed by atoms with van der Waals surface area (Å²) in [7, 11) is 0. The van der Waals surface area contributed by atoms with Gasteiger partial charge in [-0.05, 0) is 48.5 Å². The molecule has 0 aliphatic heterocycles. The Hall–Kier alpha value is -3.18. The number of carbonyl (C=O) groups is 1. The molecule has 3 aromatic rings. The first kappa shape index (κ1) is 18.6. The van der Waals surface area contributed by atoms with Crippen LogP contribution < -0.4 is 16.0 Å². The summed E-state index contributed by atoms with van der Waals surface area (Å²) in [6.45, 7) is 0.573. The zero-order valence-electron chi connectivity index (χ0n) is 14.8. The van der Waals surface area contributed by atoms with Gasteiger partial charge in [-0.2, -0.15) is 0 Å². The molecule has 136 valence electrons. The van der Waals surface area contributed by atoms with Gasteiger partial charge in [0, 0.05) is 12.2 Å². The zero-order valence-corrected chi connectivity index (χ0v) is 15.6. The molecule has 3 N–H and O–H groups in total. The van der Waals surface area contributed by atoms with Gasteiger partial charge in [0.2, 0.25) is 0 Å². The van der Waals surface area contributed by atoms with E-state index in [1.165, 1.54) is 5.56 Å². The number of benzene rings is 3. The fourth-order valence-corrected chi connectivity index (χ4v) is 2.88. The van der Waals surface area contributed by atoms with E-state index in [-0.39, 0.29) is 5.91 Å². The summed E-state index contributed by atoms with van der Waals surface area (Å²) in [4.78, 5) is 12.6. The van der Waals surface area contributed by atoms with Gasteiger partial charge in [-0.15, -0.1) is 0 Å². The number of carbonyl (C=O) groups excluding carboxylic acids is 1. The summed E-state index contributed by atoms with van der Waals surface area (Å²) < 4.78 is 0. The summed E-state index contributed by atoms with van der Waals surface area (Å²) in [5.41, 5.74) is 3.31. The number of rotatable bonds is 6. The standard InChI is InChI=1S/C22H21N3OS/c26-21(23-16-15-17-9-3-1-4-10-17)19-13-7-8-14-20(19)25-22(27)24-18-11-5-2-6-12-18/h1-14H,15-16H2,(H,23,26)(H2,24,25,27). The van der Waals surface area contributed by atoms with Crippen molar-refractivity contribution in [3.63, 3.8) is 0 Å². The Kier molecular flexibility index (Phi) is 6.55. The van der Waals surface area contributed by atoms with E-state index >= 15 is 0 Å². The van der Waals surface area contributed by atoms with Gasteiger partial charge in [0.15, 0.2) is 5.11 Å². The topological polar surface area (TPSA) is 53.2 Å². The van der Waals surface area contributed by atoms with Gasteiger partial charge >= 0.3 is 0 Å². The first-order valence-electron chi connectivity index (χ1n) is 8.76. The van der Waals surface area contributed by atoms with Gasteiger partial charge in [0.05, 0.1) is 11.3 Å². The number of amides is 1. The Balaban J connectivity index is 1.59. The summed E-state index contributed by atoms with van der Waals surface area (Å²) >= 11 is 5.36. The maximum absolute atomic E-state index is 12.6. The monoisotopic (exact) mass is 375 g/mol. The molecule has 0 aliphatic rings. The average Bonchev–Trinajstić information content (AvgIpc) is 2.70. The van der Waals surface area contributed by atoms with Crippen molar-refractivity contribution in [1.82, 2.24) is 5.32 Å². The second-order valence-corrected chi connectivity index (χ2v) is 6.39. The maximum Gasteiger partial charge on any atom is 0.253 e. The molecule has 0 bridgehead atoms. The predicted octanol–water partition coefficient (Wildman–Crippen LogP) is 4.47. The van der Waals surface area contributed by atoms with Gasteiger partial charge < -0.3 is 16.0 Å². The third-order valence-electron chi connectivity index (χ3n) is 3.99. The molecule has 0 aromatic heterocycles. The Morgan fingerprint density at radius 1 is 0.778 bits per heavy atom. The number of hydrogen-bond donors (Lipinski definition) is 3. The van der Waals surface area contributed by atoms with Gasteiger partial charge in [0.1, 0.15) is 0 Å². The molecule has 0 atom stereocenters. The molecule has 0 fully saturated rings. The molecule has 0 spiro atoms. The van der Waals surface area contributed by atoms with Crippen LogP contribution in [0.1, 0.15) is 15.9 Å². The molecular formula is C22H21N3OS. The molecule has 4 nitrogen and oxygen atoms in total. The van der Waals surface area contributed by atoms with Gasteiger partial charge in [0.25, 0.3) is 5.91 Å². The van der Waals surface area contributed by atoms with Crippen molar-refractivity contribution in [2.24, 2.45) is 0 Å². The maximum atomic E-state index is 12.6. The summed E-state index contributed by atoms with van der Waals surface area (Å²) in [5.74, 6) is -0.128. The molecule has 5 heteroatoms. The first-order chi connectivity index (χ1) is 13.2. The lowest BCUT2D eigenvalue weighted by Crippen LogP contribution is -2.28. The molecule has 1 amide bonds. The molecule has 0 radical (unpaired) electrons. The molecule has 27 heavy (non-hydrogen) atoms. The van der Waals surface area contributed by atoms with Crippen molar-refractivity contribution in [1.29, 1.82) is 0 Å². The average molecular weight is 375 g/mol. The van der Waals surface area contributed by atoms with Crippen molar-refractivity contribution < 1.29 is 4.79 Å². The highest BCUT2D eigenvalue weighted by molar-refractivity contribution is 7.80. The highest BCUT2D eigenvalue weighted by Crippen LogP contribution is 2.16. The van der Waals surface area contributed by atoms with Gasteiger partial charge in [-0.1, -0.05) is 60.7 Å². The minimum Gasteiger partial charge on any atom is -0.352 e. The molecule has 3 rings (SSSR count). The van der Waals surface area contributed by atoms with Crippen LogP contribution in [0.5, 0.6) is 0 Å². The van der Waals surface area contributed by atoms with Crippen LogP contribution in [0, 0.1) is 0 Å². The SMILES string of the molecule is O=C(NCCc1ccccc1)c1ccccc1NC(=S)Nc1ccccc1. The van der Waals surface area contributed by atoms with Gasteiger partial charge in [-0.3, -0.25) is 4.79 Å². The van der Waals surface area contributed by atoms with E-state index in [9.17, 15) is 4.79 Å². The highest BCUT2D eigenvalue weighted by atomic mass is 32.1. The quantitative estimate of drug-likeness (QED) is 0.557. The summed E-state index contributed by atoms with van der Waals surface area (Å²) in [6.07, 6.45) is 0.788. The van der Waals surface area contributed by atoms with Crippen LogP contribution in [-0.4, -0.2) is 17.6 Å². The van der Waals surface area contributed by atoms with Crippen LogP contribution in [0.3, 0.4) is 0 Å². The zero-order chi connectivity index (χ0) is 18.9. The largest absolute Gasteiger partial charge is 0.352 e. The van der Waals surface area contributed by atoms with Crippen molar-refractivity contribution in [3.05, 3.63) is 96.1 Å². The second kappa shape index (κ2) is 9.50. The number of thiocarbonyl (C=S) groups is 1. The van der Waals surface area contributed by atoms with E-state index in [1.54, 1.807) is 6.07 Å². The Morgan fingerprint density at radius 2 is 1.41 bits per heavy atom. The molecule has 3 aromatic carbocycles. The molecule has 0 aliphatic carbocycles. The van der Waals surface area contributed by atoms with Crippen molar-refractivity contribution >= 4 is 34.6 Å². The Labute approximate surface area is 164 Å². The van der Waals surface area contributed by atoms with Crippen LogP contribution in [0.15, 0.2) is 84.9 Å². The normalized spacial score (nSPS) is 10.1. The Bertz CT molecular complexity index is 898. The third-order valence-corrected chi connectivity index (χ3v) is 4.20. The lowest BCUT2D eigenvalue weighted by atomic mass is 10.1. The second-order valence-electron chi connectivity index (χ2n) is 5.98. The van der Waals surface area contributed by atoms with E-state index in [0.717, 1.165) is 12.1 Å². The Morgan fingerprint density at radius 3 is 2.15 bits per heavy atom. The van der Waals surface area contributed by atoms with Crippen molar-refractivity contribution in [3.8, 4) is 0 Å². The van der Waals surface area contributed by atoms with Crippen LogP contribution in [0.4, 0.5) is 11.4 Å². The van der Waals surface area contributed by atoms with E-state index < -0.39 is 0 Å². The van der Waals surface area contributed by atoms with Crippen LogP contribution in [-0.2, 0) is 6.42 Å². The lowest BCUT2D eigenvalue weighted by Gasteiger charge is -2.14.